The maximum absolute atomic E-state index is 13.2. The summed E-state index contributed by atoms with van der Waals surface area (Å²) in [4.78, 5) is 4.37. The Morgan fingerprint density at radius 3 is 2.21 bits per heavy atom. The van der Waals surface area contributed by atoms with Crippen LogP contribution in [0.5, 0.6) is 0 Å². The van der Waals surface area contributed by atoms with Gasteiger partial charge in [-0.05, 0) is 36.4 Å². The van der Waals surface area contributed by atoms with Crippen LogP contribution in [0, 0.1) is 0 Å². The normalized spacial score (nSPS) is 12.9. The molecule has 0 fully saturated rings. The van der Waals surface area contributed by atoms with Crippen LogP contribution in [0.4, 0.5) is 0 Å². The van der Waals surface area contributed by atoms with Crippen molar-refractivity contribution in [2.24, 2.45) is 0 Å². The second kappa shape index (κ2) is 9.13. The standard InChI is InChI=1S/C18H15Cl2NO4S3/c1-25-10-11-27(22)18-17(28(23,24)15-8-6-14(20)7-9-15)21-16(26-18)12-2-4-13(19)5-3-12/h2-9H,10-11H2,1H3. The van der Waals surface area contributed by atoms with E-state index in [-0.39, 0.29) is 26.5 Å². The minimum absolute atomic E-state index is 0.0369. The molecule has 0 N–H and O–H groups in total. The quantitative estimate of drug-likeness (QED) is 0.462. The Kier molecular flexibility index (Phi) is 7.03. The number of methoxy groups -OCH3 is 1. The number of rotatable bonds is 7. The number of hydrogen-bond donors (Lipinski definition) is 0. The zero-order valence-corrected chi connectivity index (χ0v) is 18.6. The lowest BCUT2D eigenvalue weighted by molar-refractivity contribution is 0.217. The maximum atomic E-state index is 13.2. The van der Waals surface area contributed by atoms with Crippen LogP contribution in [0.3, 0.4) is 0 Å². The molecule has 2 aromatic carbocycles. The van der Waals surface area contributed by atoms with Crippen molar-refractivity contribution < 1.29 is 17.7 Å². The molecule has 0 aliphatic rings. The van der Waals surface area contributed by atoms with Crippen molar-refractivity contribution in [2.75, 3.05) is 19.5 Å². The van der Waals surface area contributed by atoms with Crippen LogP contribution in [0.2, 0.25) is 10.0 Å². The van der Waals surface area contributed by atoms with Crippen LogP contribution >= 0.6 is 34.5 Å². The molecule has 1 unspecified atom stereocenters. The molecule has 3 aromatic rings. The van der Waals surface area contributed by atoms with Crippen LogP contribution in [-0.2, 0) is 25.7 Å². The second-order valence-electron chi connectivity index (χ2n) is 5.62. The molecule has 28 heavy (non-hydrogen) atoms. The van der Waals surface area contributed by atoms with E-state index in [2.05, 4.69) is 4.98 Å². The largest absolute Gasteiger partial charge is 0.611 e. The number of hydrogen-bond acceptors (Lipinski definition) is 6. The zero-order chi connectivity index (χ0) is 20.3. The highest BCUT2D eigenvalue weighted by molar-refractivity contribution is 7.96. The fraction of sp³-hybridized carbons (Fsp3) is 0.167. The Labute approximate surface area is 180 Å². The number of thiazole rings is 1. The summed E-state index contributed by atoms with van der Waals surface area (Å²) in [6, 6.07) is 12.6. The number of aromatic nitrogens is 1. The summed E-state index contributed by atoms with van der Waals surface area (Å²) in [5.41, 5.74) is 0.692. The minimum Gasteiger partial charge on any atom is -0.611 e. The van der Waals surface area contributed by atoms with Crippen molar-refractivity contribution >= 4 is 55.6 Å². The SMILES string of the molecule is COCC[S+]([O-])c1sc(-c2ccc(Cl)cc2)nc1S(=O)(=O)c1ccc(Cl)cc1. The van der Waals surface area contributed by atoms with E-state index < -0.39 is 21.0 Å². The van der Waals surface area contributed by atoms with Crippen LogP contribution in [0.15, 0.2) is 62.7 Å². The molecule has 0 amide bonds. The Balaban J connectivity index is 2.11. The van der Waals surface area contributed by atoms with Crippen LogP contribution in [-0.4, -0.2) is 37.4 Å². The van der Waals surface area contributed by atoms with Crippen molar-refractivity contribution in [3.05, 3.63) is 58.6 Å². The van der Waals surface area contributed by atoms with E-state index in [0.29, 0.717) is 20.6 Å². The van der Waals surface area contributed by atoms with Gasteiger partial charge in [-0.25, -0.2) is 13.4 Å². The van der Waals surface area contributed by atoms with Crippen molar-refractivity contribution in [3.8, 4) is 10.6 Å². The number of ether oxygens (including phenoxy) is 1. The summed E-state index contributed by atoms with van der Waals surface area (Å²) in [6.07, 6.45) is 0. The van der Waals surface area contributed by atoms with Gasteiger partial charge >= 0.3 is 0 Å². The molecule has 10 heteroatoms. The van der Waals surface area contributed by atoms with Crippen molar-refractivity contribution in [1.29, 1.82) is 0 Å². The number of benzene rings is 2. The van der Waals surface area contributed by atoms with E-state index in [9.17, 15) is 13.0 Å². The summed E-state index contributed by atoms with van der Waals surface area (Å²) in [7, 11) is -2.48. The predicted molar refractivity (Wildman–Crippen MR) is 113 cm³/mol. The molecule has 5 nitrogen and oxygen atoms in total. The van der Waals surface area contributed by atoms with Crippen molar-refractivity contribution in [1.82, 2.24) is 4.98 Å². The Bertz CT molecular complexity index is 1050. The number of halogens is 2. The number of sulfone groups is 1. The molecular formula is C18H15Cl2NO4S3. The fourth-order valence-corrected chi connectivity index (χ4v) is 7.12. The van der Waals surface area contributed by atoms with E-state index in [0.717, 1.165) is 11.3 Å². The lowest BCUT2D eigenvalue weighted by atomic mass is 10.2. The van der Waals surface area contributed by atoms with Gasteiger partial charge in [0.1, 0.15) is 10.8 Å². The molecule has 0 aliphatic carbocycles. The predicted octanol–water partition coefficient (Wildman–Crippen LogP) is 4.70. The van der Waals surface area contributed by atoms with Gasteiger partial charge in [-0.2, -0.15) is 0 Å². The van der Waals surface area contributed by atoms with Gasteiger partial charge in [0.2, 0.25) is 19.1 Å². The van der Waals surface area contributed by atoms with E-state index in [4.69, 9.17) is 27.9 Å². The minimum atomic E-state index is -3.97. The van der Waals surface area contributed by atoms with E-state index >= 15 is 0 Å². The molecule has 1 heterocycles. The molecule has 0 saturated carbocycles. The van der Waals surface area contributed by atoms with Gasteiger partial charge in [0, 0.05) is 33.9 Å². The molecule has 0 bridgehead atoms. The van der Waals surface area contributed by atoms with Crippen LogP contribution in [0.25, 0.3) is 10.6 Å². The molecule has 0 radical (unpaired) electrons. The topological polar surface area (TPSA) is 79.3 Å². The van der Waals surface area contributed by atoms with Crippen LogP contribution in [0.1, 0.15) is 0 Å². The van der Waals surface area contributed by atoms with Gasteiger partial charge in [-0.15, -0.1) is 0 Å². The Hall–Kier alpha value is -1.13. The maximum Gasteiger partial charge on any atom is 0.246 e. The molecule has 0 aliphatic heterocycles. The molecular weight excluding hydrogens is 461 g/mol. The van der Waals surface area contributed by atoms with Gasteiger partial charge in [0.15, 0.2) is 0 Å². The van der Waals surface area contributed by atoms with Crippen molar-refractivity contribution in [3.63, 3.8) is 0 Å². The van der Waals surface area contributed by atoms with Gasteiger partial charge < -0.3 is 9.29 Å². The third kappa shape index (κ3) is 4.71. The second-order valence-corrected chi connectivity index (χ2v) is 11.1. The van der Waals surface area contributed by atoms with E-state index in [1.165, 1.54) is 31.4 Å². The van der Waals surface area contributed by atoms with Crippen LogP contribution < -0.4 is 0 Å². The van der Waals surface area contributed by atoms with Gasteiger partial charge in [0.05, 0.1) is 11.5 Å². The first-order chi connectivity index (χ1) is 13.3. The summed E-state index contributed by atoms with van der Waals surface area (Å²) < 4.78 is 44.2. The zero-order valence-electron chi connectivity index (χ0n) is 14.6. The molecule has 0 saturated heterocycles. The smallest absolute Gasteiger partial charge is 0.246 e. The first-order valence-electron chi connectivity index (χ1n) is 7.97. The Morgan fingerprint density at radius 2 is 1.64 bits per heavy atom. The molecule has 1 atom stereocenters. The van der Waals surface area contributed by atoms with Gasteiger partial charge in [0.25, 0.3) is 0 Å². The molecule has 3 rings (SSSR count). The third-order valence-corrected chi connectivity index (χ3v) is 9.03. The third-order valence-electron chi connectivity index (χ3n) is 3.72. The highest BCUT2D eigenvalue weighted by atomic mass is 35.5. The summed E-state index contributed by atoms with van der Waals surface area (Å²) in [6.45, 7) is 0.237. The molecule has 1 aromatic heterocycles. The lowest BCUT2D eigenvalue weighted by Crippen LogP contribution is -2.14. The highest BCUT2D eigenvalue weighted by Crippen LogP contribution is 2.37. The van der Waals surface area contributed by atoms with Gasteiger partial charge in [-0.1, -0.05) is 46.7 Å². The summed E-state index contributed by atoms with van der Waals surface area (Å²) >= 11 is 11.3. The molecule has 148 valence electrons. The van der Waals surface area contributed by atoms with E-state index in [1.54, 1.807) is 24.3 Å². The average molecular weight is 476 g/mol. The fourth-order valence-electron chi connectivity index (χ4n) is 2.30. The molecule has 0 spiro atoms. The monoisotopic (exact) mass is 475 g/mol. The Morgan fingerprint density at radius 1 is 1.07 bits per heavy atom. The first kappa shape index (κ1) is 21.6. The first-order valence-corrected chi connectivity index (χ1v) is 12.3. The van der Waals surface area contributed by atoms with Crippen molar-refractivity contribution in [2.45, 2.75) is 14.1 Å². The average Bonchev–Trinajstić information content (AvgIpc) is 3.13. The summed E-state index contributed by atoms with van der Waals surface area (Å²) in [5, 5.41) is 1.21. The lowest BCUT2D eigenvalue weighted by Gasteiger charge is -2.09. The van der Waals surface area contributed by atoms with Gasteiger partial charge in [-0.3, -0.25) is 0 Å². The highest BCUT2D eigenvalue weighted by Gasteiger charge is 2.33. The summed E-state index contributed by atoms with van der Waals surface area (Å²) in [5.74, 6) is 0.169. The van der Waals surface area contributed by atoms with E-state index in [1.807, 2.05) is 0 Å². The number of nitrogens with zero attached hydrogens (tertiary/aromatic N) is 1.